The highest BCUT2D eigenvalue weighted by Gasteiger charge is 2.26. The van der Waals surface area contributed by atoms with Crippen molar-refractivity contribution in [1.82, 2.24) is 4.90 Å². The van der Waals surface area contributed by atoms with Gasteiger partial charge in [0, 0.05) is 18.1 Å². The van der Waals surface area contributed by atoms with Gasteiger partial charge in [0.2, 0.25) is 0 Å². The highest BCUT2D eigenvalue weighted by molar-refractivity contribution is 6.31. The van der Waals surface area contributed by atoms with E-state index in [0.717, 1.165) is 0 Å². The first-order valence-electron chi connectivity index (χ1n) is 11.2. The van der Waals surface area contributed by atoms with E-state index in [2.05, 4.69) is 5.32 Å². The Morgan fingerprint density at radius 2 is 1.64 bits per heavy atom. The van der Waals surface area contributed by atoms with Crippen LogP contribution in [-0.4, -0.2) is 75.4 Å². The fourth-order valence-electron chi connectivity index (χ4n) is 3.70. The second kappa shape index (κ2) is 12.5. The van der Waals surface area contributed by atoms with Crippen molar-refractivity contribution in [3.63, 3.8) is 0 Å². The lowest BCUT2D eigenvalue weighted by Gasteiger charge is -2.35. The monoisotopic (exact) mass is 520 g/mol. The maximum atomic E-state index is 12.5. The summed E-state index contributed by atoms with van der Waals surface area (Å²) in [6, 6.07) is 9.19. The van der Waals surface area contributed by atoms with Gasteiger partial charge in [-0.05, 0) is 50.2 Å². The predicted molar refractivity (Wildman–Crippen MR) is 132 cm³/mol. The fraction of sp³-hybridized carbons (Fsp3) is 0.400. The smallest absolute Gasteiger partial charge is 0.338 e. The zero-order chi connectivity index (χ0) is 26.2. The summed E-state index contributed by atoms with van der Waals surface area (Å²) in [4.78, 5) is 38.9. The lowest BCUT2D eigenvalue weighted by Crippen LogP contribution is -2.49. The number of morpholine rings is 1. The molecule has 36 heavy (non-hydrogen) atoms. The Morgan fingerprint density at radius 1 is 0.972 bits per heavy atom. The third-order valence-electron chi connectivity index (χ3n) is 5.29. The first-order valence-corrected chi connectivity index (χ1v) is 11.6. The van der Waals surface area contributed by atoms with E-state index in [-0.39, 0.29) is 48.4 Å². The Labute approximate surface area is 214 Å². The topological polar surface area (TPSA) is 113 Å². The molecule has 1 aliphatic rings. The number of hydrogen-bond acceptors (Lipinski definition) is 8. The van der Waals surface area contributed by atoms with Gasteiger partial charge in [0.25, 0.3) is 11.8 Å². The summed E-state index contributed by atoms with van der Waals surface area (Å²) in [6.07, 6.45) is -0.167. The molecule has 0 aliphatic carbocycles. The summed E-state index contributed by atoms with van der Waals surface area (Å²) in [5.74, 6) is -0.516. The Balaban J connectivity index is 1.56. The van der Waals surface area contributed by atoms with Crippen LogP contribution in [0.25, 0.3) is 0 Å². The molecule has 2 atom stereocenters. The Hall–Kier alpha value is -3.50. The minimum atomic E-state index is -0.687. The summed E-state index contributed by atoms with van der Waals surface area (Å²) >= 11 is 5.98. The zero-order valence-corrected chi connectivity index (χ0v) is 21.3. The third kappa shape index (κ3) is 7.25. The molecule has 2 amide bonds. The second-order valence-electron chi connectivity index (χ2n) is 8.18. The number of anilines is 1. The van der Waals surface area contributed by atoms with Crippen molar-refractivity contribution in [3.05, 3.63) is 47.0 Å². The number of carbonyl (C=O) groups excluding carboxylic acids is 3. The highest BCUT2D eigenvalue weighted by atomic mass is 35.5. The number of esters is 1. The van der Waals surface area contributed by atoms with Gasteiger partial charge in [-0.15, -0.1) is 0 Å². The number of amides is 2. The quantitative estimate of drug-likeness (QED) is 0.502. The minimum absolute atomic E-state index is 0.0835. The molecular formula is C25H29ClN2O8. The van der Waals surface area contributed by atoms with Crippen molar-refractivity contribution >= 4 is 35.1 Å². The van der Waals surface area contributed by atoms with E-state index in [0.29, 0.717) is 29.5 Å². The predicted octanol–water partition coefficient (Wildman–Crippen LogP) is 3.17. The molecule has 194 valence electrons. The summed E-state index contributed by atoms with van der Waals surface area (Å²) in [5.41, 5.74) is 0.572. The average Bonchev–Trinajstić information content (AvgIpc) is 2.85. The van der Waals surface area contributed by atoms with Crippen LogP contribution in [0.5, 0.6) is 17.2 Å². The molecule has 3 rings (SSSR count). The molecule has 0 radical (unpaired) electrons. The third-order valence-corrected chi connectivity index (χ3v) is 5.53. The number of methoxy groups -OCH3 is 2. The van der Waals surface area contributed by atoms with Crippen molar-refractivity contribution in [1.29, 1.82) is 0 Å². The largest absolute Gasteiger partial charge is 0.495 e. The van der Waals surface area contributed by atoms with E-state index in [9.17, 15) is 14.4 Å². The van der Waals surface area contributed by atoms with Crippen LogP contribution in [0.4, 0.5) is 5.69 Å². The van der Waals surface area contributed by atoms with Crippen LogP contribution in [0.1, 0.15) is 24.2 Å². The Kier molecular flexibility index (Phi) is 9.38. The van der Waals surface area contributed by atoms with Crippen LogP contribution in [0.3, 0.4) is 0 Å². The molecule has 1 saturated heterocycles. The second-order valence-corrected chi connectivity index (χ2v) is 8.62. The van der Waals surface area contributed by atoms with Gasteiger partial charge in [-0.2, -0.15) is 0 Å². The molecule has 0 spiro atoms. The molecule has 0 unspecified atom stereocenters. The summed E-state index contributed by atoms with van der Waals surface area (Å²) in [6.45, 7) is 3.94. The number of halogens is 1. The van der Waals surface area contributed by atoms with Crippen LogP contribution >= 0.6 is 11.6 Å². The number of nitrogens with one attached hydrogen (secondary N) is 1. The Bertz CT molecular complexity index is 1100. The van der Waals surface area contributed by atoms with Crippen molar-refractivity contribution in [2.24, 2.45) is 0 Å². The van der Waals surface area contributed by atoms with Gasteiger partial charge in [0.1, 0.15) is 5.75 Å². The molecule has 11 heteroatoms. The minimum Gasteiger partial charge on any atom is -0.495 e. The molecule has 1 heterocycles. The number of carbonyl (C=O) groups is 3. The summed E-state index contributed by atoms with van der Waals surface area (Å²) in [7, 11) is 2.88. The van der Waals surface area contributed by atoms with E-state index in [1.165, 1.54) is 32.4 Å². The van der Waals surface area contributed by atoms with Crippen molar-refractivity contribution in [2.45, 2.75) is 26.1 Å². The van der Waals surface area contributed by atoms with Gasteiger partial charge in [-0.1, -0.05) is 11.6 Å². The first-order chi connectivity index (χ1) is 17.2. The van der Waals surface area contributed by atoms with Gasteiger partial charge < -0.3 is 33.9 Å². The summed E-state index contributed by atoms with van der Waals surface area (Å²) < 4.78 is 26.9. The molecule has 10 nitrogen and oxygen atoms in total. The van der Waals surface area contributed by atoms with Crippen LogP contribution in [0.2, 0.25) is 5.02 Å². The van der Waals surface area contributed by atoms with E-state index in [4.69, 9.17) is 35.3 Å². The van der Waals surface area contributed by atoms with Crippen molar-refractivity contribution < 1.29 is 38.1 Å². The number of nitrogens with zero attached hydrogens (tertiary/aromatic N) is 1. The molecule has 2 aromatic carbocycles. The lowest BCUT2D eigenvalue weighted by molar-refractivity contribution is -0.146. The van der Waals surface area contributed by atoms with Crippen LogP contribution < -0.4 is 19.5 Å². The van der Waals surface area contributed by atoms with Gasteiger partial charge in [-0.3, -0.25) is 9.59 Å². The average molecular weight is 521 g/mol. The first kappa shape index (κ1) is 27.1. The van der Waals surface area contributed by atoms with E-state index in [1.807, 2.05) is 13.8 Å². The normalized spacial score (nSPS) is 17.2. The van der Waals surface area contributed by atoms with Crippen LogP contribution in [-0.2, 0) is 19.1 Å². The van der Waals surface area contributed by atoms with E-state index < -0.39 is 11.9 Å². The maximum absolute atomic E-state index is 12.5. The van der Waals surface area contributed by atoms with E-state index in [1.54, 1.807) is 23.1 Å². The number of rotatable bonds is 9. The van der Waals surface area contributed by atoms with Crippen LogP contribution in [0, 0.1) is 0 Å². The molecule has 0 saturated carbocycles. The van der Waals surface area contributed by atoms with E-state index >= 15 is 0 Å². The lowest BCUT2D eigenvalue weighted by atomic mass is 10.2. The van der Waals surface area contributed by atoms with Gasteiger partial charge in [0.05, 0.1) is 37.7 Å². The van der Waals surface area contributed by atoms with Crippen molar-refractivity contribution in [3.8, 4) is 17.2 Å². The molecule has 0 bridgehead atoms. The van der Waals surface area contributed by atoms with Crippen LogP contribution in [0.15, 0.2) is 36.4 Å². The molecule has 1 aliphatic heterocycles. The number of benzene rings is 2. The molecule has 1 N–H and O–H groups in total. The number of ether oxygens (including phenoxy) is 5. The molecule has 0 aromatic heterocycles. The molecule has 1 fully saturated rings. The SMILES string of the molecule is COc1ccc(Cl)cc1NC(=O)COc1ccc(C(=O)OCC(=O)N2C[C@@H](C)O[C@H](C)C2)cc1OC. The maximum Gasteiger partial charge on any atom is 0.338 e. The standard InChI is InChI=1S/C25H29ClN2O8/c1-15-11-28(12-16(2)36-15)24(30)14-35-25(31)17-5-7-21(22(9-17)33-4)34-13-23(29)27-19-10-18(26)6-8-20(19)32-3/h5-10,15-16H,11-14H2,1-4H3,(H,27,29)/t15-,16-/m1/s1. The summed E-state index contributed by atoms with van der Waals surface area (Å²) in [5, 5.41) is 3.10. The van der Waals surface area contributed by atoms with Gasteiger partial charge in [0.15, 0.2) is 24.7 Å². The molecular weight excluding hydrogens is 492 g/mol. The molecule has 2 aromatic rings. The Morgan fingerprint density at radius 3 is 2.31 bits per heavy atom. The highest BCUT2D eigenvalue weighted by Crippen LogP contribution is 2.30. The zero-order valence-electron chi connectivity index (χ0n) is 20.5. The van der Waals surface area contributed by atoms with Crippen molar-refractivity contribution in [2.75, 3.05) is 45.8 Å². The van der Waals surface area contributed by atoms with Gasteiger partial charge >= 0.3 is 5.97 Å². The fourth-order valence-corrected chi connectivity index (χ4v) is 3.88. The number of hydrogen-bond donors (Lipinski definition) is 1. The van der Waals surface area contributed by atoms with Gasteiger partial charge in [-0.25, -0.2) is 4.79 Å².